The third-order valence-corrected chi connectivity index (χ3v) is 4.31. The molecule has 0 aliphatic rings. The number of hydrogen-bond donors (Lipinski definition) is 2. The van der Waals surface area contributed by atoms with Gasteiger partial charge < -0.3 is 10.4 Å². The SMILES string of the molecule is CC(NCC(O)c1ccc(F)cc1)c1ccc(Cl)s1. The average Bonchev–Trinajstić information content (AvgIpc) is 2.83. The van der Waals surface area contributed by atoms with E-state index < -0.39 is 6.10 Å². The molecule has 2 aromatic rings. The standard InChI is InChI=1S/C14H15ClFNOS/c1-9(13-6-7-14(15)19-13)17-8-12(18)10-2-4-11(16)5-3-10/h2-7,9,12,17-18H,8H2,1H3. The minimum Gasteiger partial charge on any atom is -0.387 e. The summed E-state index contributed by atoms with van der Waals surface area (Å²) in [7, 11) is 0. The molecule has 0 aliphatic heterocycles. The summed E-state index contributed by atoms with van der Waals surface area (Å²) >= 11 is 7.40. The van der Waals surface area contributed by atoms with Crippen LogP contribution in [0, 0.1) is 5.82 Å². The topological polar surface area (TPSA) is 32.3 Å². The van der Waals surface area contributed by atoms with Crippen molar-refractivity contribution in [3.63, 3.8) is 0 Å². The zero-order chi connectivity index (χ0) is 13.8. The van der Waals surface area contributed by atoms with Gasteiger partial charge in [-0.3, -0.25) is 0 Å². The summed E-state index contributed by atoms with van der Waals surface area (Å²) in [6, 6.07) is 9.82. The van der Waals surface area contributed by atoms with Crippen LogP contribution in [0.2, 0.25) is 4.34 Å². The molecule has 0 spiro atoms. The molecule has 0 amide bonds. The molecule has 2 unspecified atom stereocenters. The lowest BCUT2D eigenvalue weighted by atomic mass is 10.1. The number of hydrogen-bond acceptors (Lipinski definition) is 3. The number of aliphatic hydroxyl groups is 1. The monoisotopic (exact) mass is 299 g/mol. The van der Waals surface area contributed by atoms with E-state index in [1.807, 2.05) is 19.1 Å². The molecule has 0 fully saturated rings. The first-order chi connectivity index (χ1) is 9.06. The maximum Gasteiger partial charge on any atom is 0.123 e. The van der Waals surface area contributed by atoms with E-state index in [4.69, 9.17) is 11.6 Å². The minimum absolute atomic E-state index is 0.118. The van der Waals surface area contributed by atoms with Crippen LogP contribution in [0.15, 0.2) is 36.4 Å². The zero-order valence-electron chi connectivity index (χ0n) is 10.4. The first-order valence-electron chi connectivity index (χ1n) is 5.98. The van der Waals surface area contributed by atoms with Gasteiger partial charge in [0, 0.05) is 17.5 Å². The Labute approximate surface area is 120 Å². The smallest absolute Gasteiger partial charge is 0.123 e. The summed E-state index contributed by atoms with van der Waals surface area (Å²) in [5.74, 6) is -0.300. The number of rotatable bonds is 5. The van der Waals surface area contributed by atoms with Crippen molar-refractivity contribution in [2.24, 2.45) is 0 Å². The van der Waals surface area contributed by atoms with Crippen LogP contribution in [0.25, 0.3) is 0 Å². The molecule has 1 aromatic carbocycles. The Balaban J connectivity index is 1.89. The highest BCUT2D eigenvalue weighted by Crippen LogP contribution is 2.26. The lowest BCUT2D eigenvalue weighted by Crippen LogP contribution is -2.24. The molecule has 102 valence electrons. The Morgan fingerprint density at radius 2 is 1.95 bits per heavy atom. The Kier molecular flexibility index (Phi) is 4.93. The number of halogens is 2. The summed E-state index contributed by atoms with van der Waals surface area (Å²) in [5.41, 5.74) is 0.699. The van der Waals surface area contributed by atoms with Crippen LogP contribution >= 0.6 is 22.9 Å². The highest BCUT2D eigenvalue weighted by atomic mass is 35.5. The number of nitrogens with one attached hydrogen (secondary N) is 1. The second kappa shape index (κ2) is 6.48. The lowest BCUT2D eigenvalue weighted by molar-refractivity contribution is 0.171. The molecule has 1 heterocycles. The van der Waals surface area contributed by atoms with Crippen LogP contribution in [0.5, 0.6) is 0 Å². The maximum absolute atomic E-state index is 12.8. The molecule has 19 heavy (non-hydrogen) atoms. The number of aliphatic hydroxyl groups excluding tert-OH is 1. The molecule has 0 aliphatic carbocycles. The van der Waals surface area contributed by atoms with Crippen molar-refractivity contribution < 1.29 is 9.50 Å². The van der Waals surface area contributed by atoms with Crippen molar-refractivity contribution in [1.82, 2.24) is 5.32 Å². The van der Waals surface area contributed by atoms with Gasteiger partial charge in [0.25, 0.3) is 0 Å². The van der Waals surface area contributed by atoms with Crippen molar-refractivity contribution in [2.75, 3.05) is 6.54 Å². The highest BCUT2D eigenvalue weighted by molar-refractivity contribution is 7.16. The van der Waals surface area contributed by atoms with Crippen LogP contribution in [0.1, 0.15) is 29.5 Å². The van der Waals surface area contributed by atoms with Crippen LogP contribution in [-0.2, 0) is 0 Å². The van der Waals surface area contributed by atoms with E-state index in [0.717, 1.165) is 9.21 Å². The molecule has 2 nitrogen and oxygen atoms in total. The fourth-order valence-corrected chi connectivity index (χ4v) is 2.84. The van der Waals surface area contributed by atoms with Gasteiger partial charge in [-0.2, -0.15) is 0 Å². The van der Waals surface area contributed by atoms with Gasteiger partial charge in [-0.05, 0) is 36.8 Å². The van der Waals surface area contributed by atoms with Gasteiger partial charge in [0.2, 0.25) is 0 Å². The zero-order valence-corrected chi connectivity index (χ0v) is 12.0. The Morgan fingerprint density at radius 3 is 2.53 bits per heavy atom. The Hall–Kier alpha value is -0.940. The van der Waals surface area contributed by atoms with Gasteiger partial charge in [-0.15, -0.1) is 11.3 Å². The van der Waals surface area contributed by atoms with Crippen molar-refractivity contribution in [3.05, 3.63) is 57.0 Å². The molecular formula is C14H15ClFNOS. The Bertz CT molecular complexity index is 528. The van der Waals surface area contributed by atoms with Gasteiger partial charge >= 0.3 is 0 Å². The molecule has 2 rings (SSSR count). The molecule has 0 saturated carbocycles. The van der Waals surface area contributed by atoms with Crippen molar-refractivity contribution in [3.8, 4) is 0 Å². The summed E-state index contributed by atoms with van der Waals surface area (Å²) in [6.45, 7) is 2.42. The van der Waals surface area contributed by atoms with E-state index in [2.05, 4.69) is 5.32 Å². The summed E-state index contributed by atoms with van der Waals surface area (Å²) in [5, 5.41) is 13.2. The van der Waals surface area contributed by atoms with E-state index in [9.17, 15) is 9.50 Å². The quantitative estimate of drug-likeness (QED) is 0.877. The number of thiophene rings is 1. The van der Waals surface area contributed by atoms with Crippen LogP contribution in [0.4, 0.5) is 4.39 Å². The predicted molar refractivity (Wildman–Crippen MR) is 77.1 cm³/mol. The molecule has 0 saturated heterocycles. The molecule has 1 aromatic heterocycles. The second-order valence-corrected chi connectivity index (χ2v) is 6.09. The third kappa shape index (κ3) is 4.01. The molecular weight excluding hydrogens is 285 g/mol. The largest absolute Gasteiger partial charge is 0.387 e. The van der Waals surface area contributed by atoms with E-state index in [1.54, 1.807) is 12.1 Å². The molecule has 0 radical (unpaired) electrons. The fourth-order valence-electron chi connectivity index (χ4n) is 1.75. The van der Waals surface area contributed by atoms with E-state index in [1.165, 1.54) is 23.5 Å². The van der Waals surface area contributed by atoms with Crippen molar-refractivity contribution in [1.29, 1.82) is 0 Å². The van der Waals surface area contributed by atoms with E-state index in [-0.39, 0.29) is 11.9 Å². The third-order valence-electron chi connectivity index (χ3n) is 2.89. The van der Waals surface area contributed by atoms with Crippen LogP contribution in [-0.4, -0.2) is 11.7 Å². The molecule has 2 N–H and O–H groups in total. The Morgan fingerprint density at radius 1 is 1.26 bits per heavy atom. The van der Waals surface area contributed by atoms with Crippen molar-refractivity contribution in [2.45, 2.75) is 19.1 Å². The average molecular weight is 300 g/mol. The van der Waals surface area contributed by atoms with E-state index >= 15 is 0 Å². The van der Waals surface area contributed by atoms with Crippen LogP contribution < -0.4 is 5.32 Å². The minimum atomic E-state index is -0.654. The van der Waals surface area contributed by atoms with Gasteiger partial charge in [0.05, 0.1) is 10.4 Å². The van der Waals surface area contributed by atoms with Gasteiger partial charge in [-0.25, -0.2) is 4.39 Å². The summed E-state index contributed by atoms with van der Waals surface area (Å²) < 4.78 is 13.5. The van der Waals surface area contributed by atoms with Gasteiger partial charge in [-0.1, -0.05) is 23.7 Å². The van der Waals surface area contributed by atoms with Gasteiger partial charge in [0.1, 0.15) is 5.82 Å². The van der Waals surface area contributed by atoms with E-state index in [0.29, 0.717) is 12.1 Å². The first-order valence-corrected chi connectivity index (χ1v) is 7.18. The highest BCUT2D eigenvalue weighted by Gasteiger charge is 2.12. The van der Waals surface area contributed by atoms with Gasteiger partial charge in [0.15, 0.2) is 0 Å². The second-order valence-electron chi connectivity index (χ2n) is 4.34. The number of benzene rings is 1. The fraction of sp³-hybridized carbons (Fsp3) is 0.286. The predicted octanol–water partition coefficient (Wildman–Crippen LogP) is 3.92. The molecule has 5 heteroatoms. The molecule has 0 bridgehead atoms. The van der Waals surface area contributed by atoms with Crippen LogP contribution in [0.3, 0.4) is 0 Å². The lowest BCUT2D eigenvalue weighted by Gasteiger charge is -2.16. The summed E-state index contributed by atoms with van der Waals surface area (Å²) in [4.78, 5) is 1.12. The first kappa shape index (κ1) is 14.5. The van der Waals surface area contributed by atoms with Crippen molar-refractivity contribution >= 4 is 22.9 Å². The maximum atomic E-state index is 12.8. The molecule has 2 atom stereocenters. The summed E-state index contributed by atoms with van der Waals surface area (Å²) in [6.07, 6.45) is -0.654. The normalized spacial score (nSPS) is 14.3.